The molecule has 2 radical (unpaired) electrons. The summed E-state index contributed by atoms with van der Waals surface area (Å²) in [6, 6.07) is 19.7. The Bertz CT molecular complexity index is 603. The lowest BCUT2D eigenvalue weighted by Crippen LogP contribution is -1.82. The van der Waals surface area contributed by atoms with Crippen LogP contribution in [-0.4, -0.2) is 12.4 Å². The quantitative estimate of drug-likeness (QED) is 0.412. The molecule has 4 nitrogen and oxygen atoms in total. The average Bonchev–Trinajstić information content (AvgIpc) is 2.61. The topological polar surface area (TPSA) is 43.2 Å². The molecule has 114 valence electrons. The van der Waals surface area contributed by atoms with Crippen LogP contribution in [0.5, 0.6) is 0 Å². The molecular formula is C19H16N2O2. The van der Waals surface area contributed by atoms with Gasteiger partial charge >= 0.3 is 6.79 Å². The minimum atomic E-state index is 1.08. The third kappa shape index (κ3) is 7.43. The van der Waals surface area contributed by atoms with Gasteiger partial charge in [0.1, 0.15) is 0 Å². The van der Waals surface area contributed by atoms with Crippen LogP contribution in [0.2, 0.25) is 0 Å². The molecule has 0 aromatic heterocycles. The predicted molar refractivity (Wildman–Crippen MR) is 93.3 cm³/mol. The van der Waals surface area contributed by atoms with Gasteiger partial charge in [-0.1, -0.05) is 83.1 Å². The second-order valence-corrected chi connectivity index (χ2v) is 4.31. The molecule has 2 aromatic rings. The van der Waals surface area contributed by atoms with Crippen LogP contribution < -0.4 is 0 Å². The molecule has 4 heteroatoms. The van der Waals surface area contributed by atoms with Crippen molar-refractivity contribution in [2.24, 2.45) is 10.3 Å². The summed E-state index contributed by atoms with van der Waals surface area (Å²) < 4.78 is 0. The van der Waals surface area contributed by atoms with E-state index >= 15 is 0 Å². The highest BCUT2D eigenvalue weighted by Gasteiger charge is 1.86. The van der Waals surface area contributed by atoms with Crippen molar-refractivity contribution < 1.29 is 9.68 Å². The van der Waals surface area contributed by atoms with Crippen LogP contribution >= 0.6 is 0 Å². The predicted octanol–water partition coefficient (Wildman–Crippen LogP) is 4.41. The van der Waals surface area contributed by atoms with E-state index in [1.54, 1.807) is 12.2 Å². The zero-order valence-corrected chi connectivity index (χ0v) is 12.4. The Balaban J connectivity index is 1.57. The van der Waals surface area contributed by atoms with E-state index in [0.717, 1.165) is 11.1 Å². The van der Waals surface area contributed by atoms with Crippen molar-refractivity contribution in [3.63, 3.8) is 0 Å². The molecule has 0 heterocycles. The molecule has 0 spiro atoms. The summed E-state index contributed by atoms with van der Waals surface area (Å²) in [4.78, 5) is 9.29. The highest BCUT2D eigenvalue weighted by Crippen LogP contribution is 2.00. The van der Waals surface area contributed by atoms with E-state index in [9.17, 15) is 0 Å². The van der Waals surface area contributed by atoms with Crippen LogP contribution in [0.4, 0.5) is 0 Å². The van der Waals surface area contributed by atoms with Crippen LogP contribution in [0.1, 0.15) is 11.1 Å². The van der Waals surface area contributed by atoms with Gasteiger partial charge in [0.2, 0.25) is 0 Å². The fourth-order valence-corrected chi connectivity index (χ4v) is 1.63. The molecular weight excluding hydrogens is 288 g/mol. The van der Waals surface area contributed by atoms with Crippen LogP contribution in [0, 0.1) is 6.79 Å². The van der Waals surface area contributed by atoms with Gasteiger partial charge in [0.25, 0.3) is 0 Å². The monoisotopic (exact) mass is 304 g/mol. The van der Waals surface area contributed by atoms with E-state index in [1.807, 2.05) is 72.8 Å². The summed E-state index contributed by atoms with van der Waals surface area (Å²) in [5.41, 5.74) is 2.16. The minimum absolute atomic E-state index is 1.08. The van der Waals surface area contributed by atoms with Gasteiger partial charge in [-0.05, 0) is 23.3 Å². The van der Waals surface area contributed by atoms with Crippen molar-refractivity contribution >= 4 is 24.6 Å². The standard InChI is InChI=1S/C19H16N2O2/c1-3-9-18(10-4-1)13-7-15-20-22-17-23-21-16-8-14-19-11-5-2-6-12-19/h1-16H/b13-7+,14-8+,20-15-,21-16-. The third-order valence-corrected chi connectivity index (χ3v) is 2.65. The van der Waals surface area contributed by atoms with Gasteiger partial charge in [0.15, 0.2) is 0 Å². The second-order valence-electron chi connectivity index (χ2n) is 4.31. The summed E-state index contributed by atoms with van der Waals surface area (Å²) in [7, 11) is 0. The molecule has 0 saturated heterocycles. The number of rotatable bonds is 8. The largest absolute Gasteiger partial charge is 0.474 e. The lowest BCUT2D eigenvalue weighted by Gasteiger charge is -1.91. The van der Waals surface area contributed by atoms with Gasteiger partial charge in [-0.2, -0.15) is 0 Å². The molecule has 0 amide bonds. The molecule has 0 aliphatic rings. The maximum absolute atomic E-state index is 4.64. The molecule has 0 bridgehead atoms. The Labute approximate surface area is 136 Å². The zero-order valence-electron chi connectivity index (χ0n) is 12.4. The molecule has 0 aliphatic heterocycles. The molecule has 23 heavy (non-hydrogen) atoms. The fourth-order valence-electron chi connectivity index (χ4n) is 1.63. The smallest absolute Gasteiger partial charge is 0.327 e. The van der Waals surface area contributed by atoms with Crippen LogP contribution in [-0.2, 0) is 9.68 Å². The average molecular weight is 304 g/mol. The van der Waals surface area contributed by atoms with Crippen molar-refractivity contribution in [1.29, 1.82) is 0 Å². The van der Waals surface area contributed by atoms with Gasteiger partial charge in [0.05, 0.1) is 12.4 Å². The Hall–Kier alpha value is -3.14. The maximum atomic E-state index is 4.64. The molecule has 2 aromatic carbocycles. The lowest BCUT2D eigenvalue weighted by molar-refractivity contribution is 0.0279. The third-order valence-electron chi connectivity index (χ3n) is 2.65. The van der Waals surface area contributed by atoms with Crippen molar-refractivity contribution in [2.45, 2.75) is 0 Å². The van der Waals surface area contributed by atoms with E-state index in [0.29, 0.717) is 0 Å². The van der Waals surface area contributed by atoms with E-state index in [-0.39, 0.29) is 0 Å². The maximum Gasteiger partial charge on any atom is 0.474 e. The Kier molecular flexibility index (Phi) is 7.46. The van der Waals surface area contributed by atoms with Gasteiger partial charge in [-0.25, -0.2) is 0 Å². The number of allylic oxidation sites excluding steroid dienone is 2. The van der Waals surface area contributed by atoms with E-state index in [4.69, 9.17) is 0 Å². The Morgan fingerprint density at radius 2 is 1.09 bits per heavy atom. The van der Waals surface area contributed by atoms with Crippen molar-refractivity contribution in [1.82, 2.24) is 0 Å². The van der Waals surface area contributed by atoms with Gasteiger partial charge in [-0.3, -0.25) is 0 Å². The molecule has 0 atom stereocenters. The summed E-state index contributed by atoms with van der Waals surface area (Å²) in [6.45, 7) is 2.12. The minimum Gasteiger partial charge on any atom is -0.327 e. The first-order valence-corrected chi connectivity index (χ1v) is 7.02. The number of benzene rings is 2. The number of hydrogen-bond donors (Lipinski definition) is 0. The Morgan fingerprint density at radius 3 is 1.52 bits per heavy atom. The lowest BCUT2D eigenvalue weighted by atomic mass is 10.2. The summed E-state index contributed by atoms with van der Waals surface area (Å²) in [6.07, 6.45) is 10.3. The van der Waals surface area contributed by atoms with E-state index in [2.05, 4.69) is 26.8 Å². The van der Waals surface area contributed by atoms with Crippen molar-refractivity contribution in [3.8, 4) is 0 Å². The first-order valence-electron chi connectivity index (χ1n) is 7.02. The summed E-state index contributed by atoms with van der Waals surface area (Å²) in [5.74, 6) is 0. The van der Waals surface area contributed by atoms with Gasteiger partial charge < -0.3 is 9.68 Å². The SMILES string of the molecule is [C](O/N=C\C=C\c1ccccc1)O/N=C\C=C\c1ccccc1. The molecule has 2 rings (SSSR count). The van der Waals surface area contributed by atoms with Crippen LogP contribution in [0.25, 0.3) is 12.2 Å². The molecule has 0 fully saturated rings. The normalized spacial score (nSPS) is 11.8. The second kappa shape index (κ2) is 10.6. The number of nitrogens with zero attached hydrogens (tertiary/aromatic N) is 2. The van der Waals surface area contributed by atoms with Gasteiger partial charge in [0, 0.05) is 0 Å². The zero-order chi connectivity index (χ0) is 16.0. The van der Waals surface area contributed by atoms with Gasteiger partial charge in [-0.15, -0.1) is 0 Å². The Morgan fingerprint density at radius 1 is 0.652 bits per heavy atom. The first-order chi connectivity index (χ1) is 11.4. The highest BCUT2D eigenvalue weighted by molar-refractivity contribution is 5.78. The summed E-state index contributed by atoms with van der Waals surface area (Å²) >= 11 is 0. The molecule has 0 aliphatic carbocycles. The first kappa shape index (κ1) is 16.2. The van der Waals surface area contributed by atoms with Crippen molar-refractivity contribution in [3.05, 3.63) is 90.7 Å². The highest BCUT2D eigenvalue weighted by atomic mass is 16.8. The summed E-state index contributed by atoms with van der Waals surface area (Å²) in [5, 5.41) is 7.22. The van der Waals surface area contributed by atoms with Crippen molar-refractivity contribution in [2.75, 3.05) is 0 Å². The number of hydrogen-bond acceptors (Lipinski definition) is 4. The molecule has 0 unspecified atom stereocenters. The van der Waals surface area contributed by atoms with E-state index < -0.39 is 0 Å². The molecule has 0 saturated carbocycles. The fraction of sp³-hybridized carbons (Fsp3) is 0. The van der Waals surface area contributed by atoms with E-state index in [1.165, 1.54) is 12.4 Å². The number of oxime groups is 2. The molecule has 0 N–H and O–H groups in total. The van der Waals surface area contributed by atoms with Crippen LogP contribution in [0.15, 0.2) is 83.1 Å². The van der Waals surface area contributed by atoms with Crippen LogP contribution in [0.3, 0.4) is 0 Å².